The highest BCUT2D eigenvalue weighted by molar-refractivity contribution is 6.30. The normalized spacial score (nSPS) is 10.7. The molecule has 0 aliphatic carbocycles. The summed E-state index contributed by atoms with van der Waals surface area (Å²) in [7, 11) is 1.68. The Labute approximate surface area is 177 Å². The average molecular weight is 408 g/mol. The van der Waals surface area contributed by atoms with Crippen LogP contribution >= 0.6 is 11.6 Å². The molecular weight excluding hydrogens is 382 g/mol. The van der Waals surface area contributed by atoms with Crippen molar-refractivity contribution >= 4 is 17.4 Å². The molecule has 3 rings (SSSR count). The summed E-state index contributed by atoms with van der Waals surface area (Å²) in [4.78, 5) is 16.2. The molecule has 0 N–H and O–H groups in total. The molecule has 0 radical (unpaired) electrons. The summed E-state index contributed by atoms with van der Waals surface area (Å²) >= 11 is 6.17. The van der Waals surface area contributed by atoms with E-state index in [9.17, 15) is 4.79 Å². The molecule has 1 heterocycles. The van der Waals surface area contributed by atoms with E-state index in [1.54, 1.807) is 7.11 Å². The van der Waals surface area contributed by atoms with Gasteiger partial charge in [-0.1, -0.05) is 42.8 Å². The van der Waals surface area contributed by atoms with E-state index < -0.39 is 0 Å². The molecule has 0 fully saturated rings. The van der Waals surface area contributed by atoms with E-state index in [4.69, 9.17) is 16.3 Å². The molecule has 0 saturated carbocycles. The molecule has 2 aromatic carbocycles. The zero-order valence-electron chi connectivity index (χ0n) is 17.0. The monoisotopic (exact) mass is 407 g/mol. The largest absolute Gasteiger partial charge is 0.496 e. The van der Waals surface area contributed by atoms with Crippen LogP contribution in [0.5, 0.6) is 5.75 Å². The zero-order chi connectivity index (χ0) is 20.6. The number of aryl methyl sites for hydroxylation is 1. The van der Waals surface area contributed by atoms with Gasteiger partial charge >= 0.3 is 0 Å². The quantitative estimate of drug-likeness (QED) is 0.417. The van der Waals surface area contributed by atoms with Crippen LogP contribution in [-0.4, -0.2) is 17.9 Å². The topological polar surface area (TPSA) is 39.2 Å². The number of Topliss-reactive ketones (excluding diaryl/α,β-unsaturated/α-hetero) is 1. The first-order valence-corrected chi connectivity index (χ1v) is 10.3. The summed E-state index contributed by atoms with van der Waals surface area (Å²) in [6, 6.07) is 18.1. The molecule has 0 spiro atoms. The highest BCUT2D eigenvalue weighted by Gasteiger charge is 2.09. The highest BCUT2D eigenvalue weighted by atomic mass is 35.5. The number of methoxy groups -OCH3 is 1. The third-order valence-corrected chi connectivity index (χ3v) is 5.12. The fourth-order valence-electron chi connectivity index (χ4n) is 3.36. The number of hydrogen-bond acceptors (Lipinski definition) is 3. The van der Waals surface area contributed by atoms with Crippen molar-refractivity contribution in [2.75, 3.05) is 7.11 Å². The van der Waals surface area contributed by atoms with E-state index in [2.05, 4.69) is 23.2 Å². The maximum atomic E-state index is 11.7. The fraction of sp³-hybridized carbons (Fsp3) is 0.280. The zero-order valence-corrected chi connectivity index (χ0v) is 17.7. The number of ketones is 1. The van der Waals surface area contributed by atoms with Gasteiger partial charge in [-0.05, 0) is 66.3 Å². The molecular formula is C25H26ClNO2. The second-order valence-corrected chi connectivity index (χ2v) is 7.60. The lowest BCUT2D eigenvalue weighted by Crippen LogP contribution is -2.01. The van der Waals surface area contributed by atoms with E-state index in [1.165, 1.54) is 5.56 Å². The second kappa shape index (κ2) is 10.2. The Bertz CT molecular complexity index is 967. The molecule has 0 saturated heterocycles. The number of hydrogen-bond donors (Lipinski definition) is 0. The van der Waals surface area contributed by atoms with Gasteiger partial charge in [-0.3, -0.25) is 9.78 Å². The number of ether oxygens (including phenoxy) is 1. The van der Waals surface area contributed by atoms with Crippen LogP contribution in [0.3, 0.4) is 0 Å². The van der Waals surface area contributed by atoms with Crippen LogP contribution in [0.4, 0.5) is 0 Å². The molecule has 0 amide bonds. The second-order valence-electron chi connectivity index (χ2n) is 7.17. The van der Waals surface area contributed by atoms with Crippen LogP contribution in [-0.2, 0) is 17.6 Å². The first kappa shape index (κ1) is 21.1. The molecule has 0 bridgehead atoms. The molecule has 4 heteroatoms. The van der Waals surface area contributed by atoms with Crippen LogP contribution in [0.25, 0.3) is 11.1 Å². The molecule has 1 aromatic heterocycles. The predicted molar refractivity (Wildman–Crippen MR) is 119 cm³/mol. The molecule has 29 heavy (non-hydrogen) atoms. The average Bonchev–Trinajstić information content (AvgIpc) is 2.73. The van der Waals surface area contributed by atoms with E-state index >= 15 is 0 Å². The van der Waals surface area contributed by atoms with Gasteiger partial charge in [0.2, 0.25) is 0 Å². The number of aromatic nitrogens is 1. The maximum Gasteiger partial charge on any atom is 0.133 e. The summed E-state index contributed by atoms with van der Waals surface area (Å²) in [6.07, 6.45) is 5.53. The van der Waals surface area contributed by atoms with Crippen molar-refractivity contribution in [3.8, 4) is 16.9 Å². The number of pyridine rings is 1. The number of carbonyl (C=O) groups is 1. The van der Waals surface area contributed by atoms with Crippen molar-refractivity contribution in [2.24, 2.45) is 0 Å². The van der Waals surface area contributed by atoms with Gasteiger partial charge < -0.3 is 4.74 Å². The third-order valence-electron chi connectivity index (χ3n) is 4.88. The SMILES string of the molecule is CCCC(=O)CCc1ccc(Cc2ccc(OC)c(-c3cccc(Cl)c3)c2)cn1. The van der Waals surface area contributed by atoms with Crippen molar-refractivity contribution in [3.05, 3.63) is 82.6 Å². The van der Waals surface area contributed by atoms with Crippen molar-refractivity contribution in [2.45, 2.75) is 39.0 Å². The Morgan fingerprint density at radius 3 is 2.55 bits per heavy atom. The lowest BCUT2D eigenvalue weighted by atomic mass is 9.98. The van der Waals surface area contributed by atoms with E-state index in [0.29, 0.717) is 30.1 Å². The van der Waals surface area contributed by atoms with Gasteiger partial charge in [-0.25, -0.2) is 0 Å². The Morgan fingerprint density at radius 2 is 1.86 bits per heavy atom. The van der Waals surface area contributed by atoms with Crippen molar-refractivity contribution in [1.82, 2.24) is 4.98 Å². The summed E-state index contributed by atoms with van der Waals surface area (Å²) in [5.41, 5.74) is 5.32. The van der Waals surface area contributed by atoms with Crippen LogP contribution < -0.4 is 4.74 Å². The number of nitrogens with zero attached hydrogens (tertiary/aromatic N) is 1. The molecule has 3 nitrogen and oxygen atoms in total. The minimum atomic E-state index is 0.310. The molecule has 3 aromatic rings. The number of halogens is 1. The molecule has 150 valence electrons. The van der Waals surface area contributed by atoms with E-state index in [0.717, 1.165) is 41.0 Å². The minimum Gasteiger partial charge on any atom is -0.496 e. The summed E-state index contributed by atoms with van der Waals surface area (Å²) in [5, 5.41) is 0.701. The maximum absolute atomic E-state index is 11.7. The first-order valence-electron chi connectivity index (χ1n) is 9.97. The van der Waals surface area contributed by atoms with Gasteiger partial charge in [-0.15, -0.1) is 0 Å². The van der Waals surface area contributed by atoms with Gasteiger partial charge in [0.1, 0.15) is 11.5 Å². The Kier molecular flexibility index (Phi) is 7.42. The van der Waals surface area contributed by atoms with Gasteiger partial charge in [0.25, 0.3) is 0 Å². The Balaban J connectivity index is 1.73. The van der Waals surface area contributed by atoms with Crippen LogP contribution in [0.2, 0.25) is 5.02 Å². The van der Waals surface area contributed by atoms with Crippen LogP contribution in [0, 0.1) is 0 Å². The smallest absolute Gasteiger partial charge is 0.133 e. The van der Waals surface area contributed by atoms with Gasteiger partial charge in [0.05, 0.1) is 7.11 Å². The minimum absolute atomic E-state index is 0.310. The predicted octanol–water partition coefficient (Wildman–Crippen LogP) is 6.30. The van der Waals surface area contributed by atoms with Crippen molar-refractivity contribution in [1.29, 1.82) is 0 Å². The van der Waals surface area contributed by atoms with E-state index in [1.807, 2.05) is 49.5 Å². The van der Waals surface area contributed by atoms with Crippen molar-refractivity contribution < 1.29 is 9.53 Å². The third kappa shape index (κ3) is 5.91. The fourth-order valence-corrected chi connectivity index (χ4v) is 3.55. The molecule has 0 aliphatic rings. The van der Waals surface area contributed by atoms with Gasteiger partial charge in [-0.2, -0.15) is 0 Å². The lowest BCUT2D eigenvalue weighted by molar-refractivity contribution is -0.119. The Morgan fingerprint density at radius 1 is 1.03 bits per heavy atom. The molecule has 0 unspecified atom stereocenters. The highest BCUT2D eigenvalue weighted by Crippen LogP contribution is 2.32. The van der Waals surface area contributed by atoms with Gasteiger partial charge in [0.15, 0.2) is 0 Å². The first-order chi connectivity index (χ1) is 14.1. The number of rotatable bonds is 9. The summed E-state index contributed by atoms with van der Waals surface area (Å²) in [6.45, 7) is 2.03. The van der Waals surface area contributed by atoms with E-state index in [-0.39, 0.29) is 0 Å². The molecule has 0 aliphatic heterocycles. The number of benzene rings is 2. The van der Waals surface area contributed by atoms with Crippen LogP contribution in [0.15, 0.2) is 60.8 Å². The van der Waals surface area contributed by atoms with Crippen LogP contribution in [0.1, 0.15) is 43.0 Å². The molecule has 0 atom stereocenters. The lowest BCUT2D eigenvalue weighted by Gasteiger charge is -2.12. The summed E-state index contributed by atoms with van der Waals surface area (Å²) < 4.78 is 5.54. The van der Waals surface area contributed by atoms with Gasteiger partial charge in [0, 0.05) is 35.3 Å². The Hall–Kier alpha value is -2.65. The summed E-state index contributed by atoms with van der Waals surface area (Å²) in [5.74, 6) is 1.13. The number of carbonyl (C=O) groups excluding carboxylic acids is 1. The van der Waals surface area contributed by atoms with Crippen molar-refractivity contribution in [3.63, 3.8) is 0 Å². The standard InChI is InChI=1S/C25H26ClNO2/c1-3-5-23(28)12-11-22-10-8-19(17-27-22)14-18-9-13-25(29-2)24(15-18)20-6-4-7-21(26)16-20/h4,6-10,13,15-17H,3,5,11-12,14H2,1-2H3.